The van der Waals surface area contributed by atoms with Crippen LogP contribution in [0.5, 0.6) is 0 Å². The molecule has 0 N–H and O–H groups in total. The Kier molecular flexibility index (Phi) is 4.94. The average Bonchev–Trinajstić information content (AvgIpc) is 2.67. The zero-order valence-corrected chi connectivity index (χ0v) is 13.4. The summed E-state index contributed by atoms with van der Waals surface area (Å²) in [5, 5.41) is 0. The Morgan fingerprint density at radius 1 is 1.29 bits per heavy atom. The van der Waals surface area contributed by atoms with E-state index in [-0.39, 0.29) is 6.10 Å². The molecular formula is C18H28N2O. The molecule has 1 aliphatic heterocycles. The monoisotopic (exact) mass is 288 g/mol. The number of hydrogen-bond donors (Lipinski definition) is 0. The zero-order valence-electron chi connectivity index (χ0n) is 13.4. The lowest BCUT2D eigenvalue weighted by Gasteiger charge is -2.41. The lowest BCUT2D eigenvalue weighted by Crippen LogP contribution is -2.47. The molecule has 21 heavy (non-hydrogen) atoms. The Morgan fingerprint density at radius 3 is 3.00 bits per heavy atom. The van der Waals surface area contributed by atoms with E-state index in [1.807, 2.05) is 0 Å². The van der Waals surface area contributed by atoms with Gasteiger partial charge in [0.2, 0.25) is 0 Å². The van der Waals surface area contributed by atoms with Crippen LogP contribution in [0.15, 0.2) is 24.3 Å². The largest absolute Gasteiger partial charge is 0.371 e. The maximum Gasteiger partial charge on any atom is 0.0983 e. The highest BCUT2D eigenvalue weighted by Gasteiger charge is 2.35. The Bertz CT molecular complexity index is 460. The highest BCUT2D eigenvalue weighted by Crippen LogP contribution is 2.36. The van der Waals surface area contributed by atoms with E-state index in [1.54, 1.807) is 0 Å². The Labute approximate surface area is 128 Å². The van der Waals surface area contributed by atoms with Gasteiger partial charge in [0, 0.05) is 12.6 Å². The van der Waals surface area contributed by atoms with E-state index in [0.29, 0.717) is 6.04 Å². The summed E-state index contributed by atoms with van der Waals surface area (Å²) in [5.41, 5.74) is 2.94. The third-order valence-electron chi connectivity index (χ3n) is 4.85. The number of benzene rings is 1. The quantitative estimate of drug-likeness (QED) is 0.847. The number of fused-ring (bicyclic) bond motifs is 3. The second kappa shape index (κ2) is 6.91. The number of nitrogens with zero attached hydrogens (tertiary/aromatic N) is 2. The van der Waals surface area contributed by atoms with E-state index in [4.69, 9.17) is 4.74 Å². The number of ether oxygens (including phenoxy) is 1. The summed E-state index contributed by atoms with van der Waals surface area (Å²) < 4.78 is 6.19. The Balaban J connectivity index is 1.73. The van der Waals surface area contributed by atoms with E-state index in [9.17, 15) is 0 Å². The molecule has 0 spiro atoms. The molecule has 1 aromatic carbocycles. The van der Waals surface area contributed by atoms with E-state index >= 15 is 0 Å². The summed E-state index contributed by atoms with van der Waals surface area (Å²) in [6.45, 7) is 4.34. The summed E-state index contributed by atoms with van der Waals surface area (Å²) in [7, 11) is 4.31. The molecule has 0 unspecified atom stereocenters. The molecule has 2 atom stereocenters. The van der Waals surface area contributed by atoms with Crippen LogP contribution in [-0.2, 0) is 11.2 Å². The molecule has 0 radical (unpaired) electrons. The maximum absolute atomic E-state index is 6.19. The summed E-state index contributed by atoms with van der Waals surface area (Å²) in [6.07, 6.45) is 5.29. The molecule has 1 fully saturated rings. The van der Waals surface area contributed by atoms with Crippen molar-refractivity contribution in [2.75, 3.05) is 40.3 Å². The minimum absolute atomic E-state index is 0.289. The molecule has 3 rings (SSSR count). The SMILES string of the molecule is CN(C)CCCN1CCO[C@H]2c3ccccc3CCC[C@@H]21. The van der Waals surface area contributed by atoms with Crippen molar-refractivity contribution >= 4 is 0 Å². The highest BCUT2D eigenvalue weighted by molar-refractivity contribution is 5.32. The number of hydrogen-bond acceptors (Lipinski definition) is 3. The molecule has 0 bridgehead atoms. The van der Waals surface area contributed by atoms with Gasteiger partial charge in [-0.15, -0.1) is 0 Å². The second-order valence-electron chi connectivity index (χ2n) is 6.64. The van der Waals surface area contributed by atoms with Crippen LogP contribution in [0.1, 0.15) is 36.5 Å². The van der Waals surface area contributed by atoms with Gasteiger partial charge in [-0.3, -0.25) is 4.90 Å². The summed E-state index contributed by atoms with van der Waals surface area (Å²) in [4.78, 5) is 4.96. The number of aryl methyl sites for hydroxylation is 1. The van der Waals surface area contributed by atoms with Gasteiger partial charge in [0.15, 0.2) is 0 Å². The molecule has 1 aromatic rings. The molecule has 116 valence electrons. The molecule has 3 nitrogen and oxygen atoms in total. The minimum atomic E-state index is 0.289. The van der Waals surface area contributed by atoms with Crippen LogP contribution in [0, 0.1) is 0 Å². The first kappa shape index (κ1) is 15.0. The van der Waals surface area contributed by atoms with Gasteiger partial charge in [0.05, 0.1) is 12.7 Å². The van der Waals surface area contributed by atoms with Crippen molar-refractivity contribution in [2.45, 2.75) is 37.8 Å². The van der Waals surface area contributed by atoms with E-state index in [0.717, 1.165) is 13.2 Å². The molecule has 0 amide bonds. The Morgan fingerprint density at radius 2 is 2.14 bits per heavy atom. The Hall–Kier alpha value is -0.900. The first-order chi connectivity index (χ1) is 10.3. The van der Waals surface area contributed by atoms with Crippen molar-refractivity contribution in [3.8, 4) is 0 Å². The van der Waals surface area contributed by atoms with Gasteiger partial charge in [-0.05, 0) is 64.0 Å². The fourth-order valence-electron chi connectivity index (χ4n) is 3.81. The molecule has 1 saturated heterocycles. The normalized spacial score (nSPS) is 26.2. The van der Waals surface area contributed by atoms with Crippen molar-refractivity contribution in [3.05, 3.63) is 35.4 Å². The van der Waals surface area contributed by atoms with Gasteiger partial charge < -0.3 is 9.64 Å². The fraction of sp³-hybridized carbons (Fsp3) is 0.667. The maximum atomic E-state index is 6.19. The molecule has 1 heterocycles. The summed E-state index contributed by atoms with van der Waals surface area (Å²) in [5.74, 6) is 0. The van der Waals surface area contributed by atoms with Crippen LogP contribution < -0.4 is 0 Å². The fourth-order valence-corrected chi connectivity index (χ4v) is 3.81. The van der Waals surface area contributed by atoms with Crippen LogP contribution in [0.4, 0.5) is 0 Å². The summed E-state index contributed by atoms with van der Waals surface area (Å²) in [6, 6.07) is 9.46. The van der Waals surface area contributed by atoms with Gasteiger partial charge in [0.1, 0.15) is 0 Å². The third-order valence-corrected chi connectivity index (χ3v) is 4.85. The zero-order chi connectivity index (χ0) is 14.7. The molecule has 0 aromatic heterocycles. The molecule has 1 aliphatic carbocycles. The highest BCUT2D eigenvalue weighted by atomic mass is 16.5. The van der Waals surface area contributed by atoms with Crippen molar-refractivity contribution < 1.29 is 4.74 Å². The predicted octanol–water partition coefficient (Wildman–Crippen LogP) is 2.72. The van der Waals surface area contributed by atoms with E-state index in [1.165, 1.54) is 49.9 Å². The summed E-state index contributed by atoms with van der Waals surface area (Å²) >= 11 is 0. The third kappa shape index (κ3) is 3.47. The predicted molar refractivity (Wildman–Crippen MR) is 86.6 cm³/mol. The van der Waals surface area contributed by atoms with Crippen molar-refractivity contribution in [1.82, 2.24) is 9.80 Å². The van der Waals surface area contributed by atoms with Gasteiger partial charge >= 0.3 is 0 Å². The number of rotatable bonds is 4. The van der Waals surface area contributed by atoms with Crippen LogP contribution in [0.25, 0.3) is 0 Å². The van der Waals surface area contributed by atoms with Gasteiger partial charge in [-0.25, -0.2) is 0 Å². The van der Waals surface area contributed by atoms with E-state index < -0.39 is 0 Å². The average molecular weight is 288 g/mol. The van der Waals surface area contributed by atoms with Crippen LogP contribution in [0.3, 0.4) is 0 Å². The molecule has 2 aliphatic rings. The molecular weight excluding hydrogens is 260 g/mol. The smallest absolute Gasteiger partial charge is 0.0983 e. The number of morpholine rings is 1. The lowest BCUT2D eigenvalue weighted by atomic mass is 9.96. The molecule has 3 heteroatoms. The van der Waals surface area contributed by atoms with Crippen molar-refractivity contribution in [2.24, 2.45) is 0 Å². The van der Waals surface area contributed by atoms with Crippen LogP contribution in [0.2, 0.25) is 0 Å². The first-order valence-corrected chi connectivity index (χ1v) is 8.34. The van der Waals surface area contributed by atoms with Gasteiger partial charge in [-0.2, -0.15) is 0 Å². The van der Waals surface area contributed by atoms with Crippen LogP contribution in [-0.4, -0.2) is 56.2 Å². The van der Waals surface area contributed by atoms with Gasteiger partial charge in [-0.1, -0.05) is 24.3 Å². The van der Waals surface area contributed by atoms with Crippen molar-refractivity contribution in [3.63, 3.8) is 0 Å². The van der Waals surface area contributed by atoms with E-state index in [2.05, 4.69) is 48.2 Å². The van der Waals surface area contributed by atoms with Crippen molar-refractivity contribution in [1.29, 1.82) is 0 Å². The minimum Gasteiger partial charge on any atom is -0.371 e. The van der Waals surface area contributed by atoms with Crippen LogP contribution >= 0.6 is 0 Å². The lowest BCUT2D eigenvalue weighted by molar-refractivity contribution is -0.0751. The second-order valence-corrected chi connectivity index (χ2v) is 6.64. The first-order valence-electron chi connectivity index (χ1n) is 8.34. The molecule has 0 saturated carbocycles. The topological polar surface area (TPSA) is 15.7 Å². The standard InChI is InChI=1S/C18H28N2O/c1-19(2)11-6-12-20-13-14-21-18-16-9-4-3-7-15(16)8-5-10-17(18)20/h3-4,7,9,17-18H,5-6,8,10-14H2,1-2H3/t17-,18-/m0/s1. The van der Waals surface area contributed by atoms with Gasteiger partial charge in [0.25, 0.3) is 0 Å².